The first-order chi connectivity index (χ1) is 9.92. The number of benzene rings is 1. The van der Waals surface area contributed by atoms with Crippen LogP contribution in [0.3, 0.4) is 0 Å². The molecule has 1 aromatic heterocycles. The standard InChI is InChI=1S/C13H11BrN2O5/c1-21-11-3-2-8(4-10(11)16(19)20)6-15-7-9(13(17)18)5-12(15)14/h2-5,7H,6H2,1H3,(H,17,18). The van der Waals surface area contributed by atoms with Crippen molar-refractivity contribution in [3.63, 3.8) is 0 Å². The minimum Gasteiger partial charge on any atom is -0.490 e. The zero-order chi connectivity index (χ0) is 15.6. The first kappa shape index (κ1) is 15.0. The summed E-state index contributed by atoms with van der Waals surface area (Å²) in [5, 5.41) is 19.9. The number of hydrogen-bond acceptors (Lipinski definition) is 4. The van der Waals surface area contributed by atoms with Crippen LogP contribution in [-0.4, -0.2) is 27.7 Å². The minimum atomic E-state index is -1.03. The molecule has 0 radical (unpaired) electrons. The summed E-state index contributed by atoms with van der Waals surface area (Å²) in [5.41, 5.74) is 0.678. The Morgan fingerprint density at radius 1 is 1.48 bits per heavy atom. The van der Waals surface area contributed by atoms with Crippen LogP contribution >= 0.6 is 15.9 Å². The molecule has 2 aromatic rings. The highest BCUT2D eigenvalue weighted by atomic mass is 79.9. The minimum absolute atomic E-state index is 0.128. The molecule has 0 bridgehead atoms. The number of hydrogen-bond donors (Lipinski definition) is 1. The largest absolute Gasteiger partial charge is 0.490 e. The van der Waals surface area contributed by atoms with Crippen LogP contribution in [0.15, 0.2) is 35.1 Å². The van der Waals surface area contributed by atoms with Crippen LogP contribution in [0.25, 0.3) is 0 Å². The molecule has 110 valence electrons. The number of aromatic nitrogens is 1. The number of aromatic carboxylic acids is 1. The molecule has 0 aliphatic heterocycles. The Balaban J connectivity index is 2.34. The van der Waals surface area contributed by atoms with Crippen molar-refractivity contribution in [3.8, 4) is 5.75 Å². The SMILES string of the molecule is COc1ccc(Cn2cc(C(=O)O)cc2Br)cc1[N+](=O)[O-]. The molecule has 0 amide bonds. The van der Waals surface area contributed by atoms with Gasteiger partial charge < -0.3 is 14.4 Å². The summed E-state index contributed by atoms with van der Waals surface area (Å²) < 4.78 is 7.17. The third-order valence-electron chi connectivity index (χ3n) is 2.88. The van der Waals surface area contributed by atoms with E-state index < -0.39 is 10.9 Å². The number of nitro benzene ring substituents is 1. The lowest BCUT2D eigenvalue weighted by atomic mass is 10.2. The van der Waals surface area contributed by atoms with Crippen LogP contribution in [0.4, 0.5) is 5.69 Å². The molecular weight excluding hydrogens is 344 g/mol. The van der Waals surface area contributed by atoms with E-state index in [1.807, 2.05) is 0 Å². The second-order valence-electron chi connectivity index (χ2n) is 4.25. The zero-order valence-electron chi connectivity index (χ0n) is 10.9. The van der Waals surface area contributed by atoms with Gasteiger partial charge in [0.1, 0.15) is 0 Å². The van der Waals surface area contributed by atoms with Crippen LogP contribution < -0.4 is 4.74 Å². The summed E-state index contributed by atoms with van der Waals surface area (Å²) >= 11 is 3.26. The molecule has 7 nitrogen and oxygen atoms in total. The first-order valence-electron chi connectivity index (χ1n) is 5.82. The lowest BCUT2D eigenvalue weighted by Gasteiger charge is -2.07. The van der Waals surface area contributed by atoms with E-state index in [0.29, 0.717) is 16.7 Å². The predicted octanol–water partition coefficient (Wildman–Crippen LogP) is 2.91. The topological polar surface area (TPSA) is 94.6 Å². The lowest BCUT2D eigenvalue weighted by Crippen LogP contribution is -2.01. The van der Waals surface area contributed by atoms with Gasteiger partial charge in [-0.3, -0.25) is 10.1 Å². The highest BCUT2D eigenvalue weighted by Crippen LogP contribution is 2.28. The van der Waals surface area contributed by atoms with Crippen molar-refractivity contribution < 1.29 is 19.6 Å². The average molecular weight is 355 g/mol. The van der Waals surface area contributed by atoms with Crippen LogP contribution in [0.2, 0.25) is 0 Å². The fourth-order valence-corrected chi connectivity index (χ4v) is 2.36. The highest BCUT2D eigenvalue weighted by molar-refractivity contribution is 9.10. The molecule has 0 unspecified atom stereocenters. The quantitative estimate of drug-likeness (QED) is 0.657. The number of carbonyl (C=O) groups is 1. The summed E-state index contributed by atoms with van der Waals surface area (Å²) in [6.07, 6.45) is 1.46. The van der Waals surface area contributed by atoms with Gasteiger partial charge in [-0.2, -0.15) is 0 Å². The van der Waals surface area contributed by atoms with Crippen molar-refractivity contribution in [2.75, 3.05) is 7.11 Å². The number of halogens is 1. The summed E-state index contributed by atoms with van der Waals surface area (Å²) in [6.45, 7) is 0.304. The maximum Gasteiger partial charge on any atom is 0.337 e. The Labute approximate surface area is 128 Å². The monoisotopic (exact) mass is 354 g/mol. The van der Waals surface area contributed by atoms with Crippen LogP contribution in [0.5, 0.6) is 5.75 Å². The molecule has 0 spiro atoms. The molecule has 0 fully saturated rings. The van der Waals surface area contributed by atoms with E-state index in [1.54, 1.807) is 10.6 Å². The number of carboxylic acids is 1. The number of rotatable bonds is 5. The van der Waals surface area contributed by atoms with Crippen LogP contribution in [0, 0.1) is 10.1 Å². The van der Waals surface area contributed by atoms with E-state index in [2.05, 4.69) is 15.9 Å². The Bertz CT molecular complexity index is 711. The number of nitro groups is 1. The third-order valence-corrected chi connectivity index (χ3v) is 3.57. The van der Waals surface area contributed by atoms with Gasteiger partial charge in [-0.05, 0) is 33.6 Å². The van der Waals surface area contributed by atoms with Gasteiger partial charge in [-0.1, -0.05) is 6.07 Å². The molecular formula is C13H11BrN2O5. The van der Waals surface area contributed by atoms with E-state index in [0.717, 1.165) is 0 Å². The molecule has 1 N–H and O–H groups in total. The van der Waals surface area contributed by atoms with Crippen molar-refractivity contribution in [2.45, 2.75) is 6.54 Å². The Morgan fingerprint density at radius 3 is 2.71 bits per heavy atom. The highest BCUT2D eigenvalue weighted by Gasteiger charge is 2.16. The molecule has 1 heterocycles. The number of carboxylic acid groups (broad SMARTS) is 1. The molecule has 0 aliphatic carbocycles. The van der Waals surface area contributed by atoms with Gasteiger partial charge in [0.25, 0.3) is 0 Å². The van der Waals surface area contributed by atoms with Crippen LogP contribution in [0.1, 0.15) is 15.9 Å². The number of methoxy groups -OCH3 is 1. The summed E-state index contributed by atoms with van der Waals surface area (Å²) in [6, 6.07) is 6.09. The van der Waals surface area contributed by atoms with Crippen molar-refractivity contribution in [1.82, 2.24) is 4.57 Å². The summed E-state index contributed by atoms with van der Waals surface area (Å²) in [4.78, 5) is 21.4. The Morgan fingerprint density at radius 2 is 2.19 bits per heavy atom. The third kappa shape index (κ3) is 3.22. The second-order valence-corrected chi connectivity index (χ2v) is 5.06. The number of ether oxygens (including phenoxy) is 1. The molecule has 21 heavy (non-hydrogen) atoms. The van der Waals surface area contributed by atoms with E-state index in [1.165, 1.54) is 31.5 Å². The molecule has 0 saturated carbocycles. The van der Waals surface area contributed by atoms with Crippen molar-refractivity contribution in [3.05, 3.63) is 56.3 Å². The van der Waals surface area contributed by atoms with Crippen molar-refractivity contribution in [1.29, 1.82) is 0 Å². The summed E-state index contributed by atoms with van der Waals surface area (Å²) in [7, 11) is 1.36. The van der Waals surface area contributed by atoms with Gasteiger partial charge in [0.05, 0.1) is 22.2 Å². The molecule has 2 rings (SSSR count). The summed E-state index contributed by atoms with van der Waals surface area (Å²) in [5.74, 6) is -0.850. The van der Waals surface area contributed by atoms with E-state index in [9.17, 15) is 14.9 Å². The van der Waals surface area contributed by atoms with E-state index in [4.69, 9.17) is 9.84 Å². The smallest absolute Gasteiger partial charge is 0.337 e. The average Bonchev–Trinajstić information content (AvgIpc) is 2.80. The van der Waals surface area contributed by atoms with Gasteiger partial charge in [0.15, 0.2) is 5.75 Å². The lowest BCUT2D eigenvalue weighted by molar-refractivity contribution is -0.385. The van der Waals surface area contributed by atoms with E-state index >= 15 is 0 Å². The van der Waals surface area contributed by atoms with Crippen molar-refractivity contribution in [2.24, 2.45) is 0 Å². The number of nitrogens with zero attached hydrogens (tertiary/aromatic N) is 2. The van der Waals surface area contributed by atoms with Gasteiger partial charge in [0.2, 0.25) is 0 Å². The predicted molar refractivity (Wildman–Crippen MR) is 77.8 cm³/mol. The molecule has 8 heteroatoms. The van der Waals surface area contributed by atoms with Gasteiger partial charge in [0, 0.05) is 18.8 Å². The Hall–Kier alpha value is -2.35. The fraction of sp³-hybridized carbons (Fsp3) is 0.154. The molecule has 0 aliphatic rings. The molecule has 0 saturated heterocycles. The van der Waals surface area contributed by atoms with Gasteiger partial charge >= 0.3 is 11.7 Å². The van der Waals surface area contributed by atoms with E-state index in [-0.39, 0.29) is 17.0 Å². The Kier molecular flexibility index (Phi) is 4.27. The fourth-order valence-electron chi connectivity index (χ4n) is 1.89. The van der Waals surface area contributed by atoms with Gasteiger partial charge in [-0.15, -0.1) is 0 Å². The van der Waals surface area contributed by atoms with Gasteiger partial charge in [-0.25, -0.2) is 4.79 Å². The zero-order valence-corrected chi connectivity index (χ0v) is 12.5. The van der Waals surface area contributed by atoms with Crippen molar-refractivity contribution >= 4 is 27.6 Å². The normalized spacial score (nSPS) is 10.4. The maximum absolute atomic E-state index is 11.0. The maximum atomic E-state index is 11.0. The molecule has 1 aromatic carbocycles. The molecule has 0 atom stereocenters. The first-order valence-corrected chi connectivity index (χ1v) is 6.62. The second kappa shape index (κ2) is 5.96. The van der Waals surface area contributed by atoms with Crippen LogP contribution in [-0.2, 0) is 6.54 Å².